The summed E-state index contributed by atoms with van der Waals surface area (Å²) in [6.07, 6.45) is 0.551. The minimum atomic E-state index is -1.03. The van der Waals surface area contributed by atoms with Gasteiger partial charge in [-0.2, -0.15) is 0 Å². The Morgan fingerprint density at radius 1 is 1.05 bits per heavy atom. The maximum absolute atomic E-state index is 13.1. The van der Waals surface area contributed by atoms with Crippen molar-refractivity contribution in [2.45, 2.75) is 39.5 Å². The van der Waals surface area contributed by atoms with Crippen molar-refractivity contribution in [1.29, 1.82) is 0 Å². The van der Waals surface area contributed by atoms with Gasteiger partial charge in [-0.25, -0.2) is 9.78 Å². The van der Waals surface area contributed by atoms with E-state index in [-0.39, 0.29) is 35.1 Å². The highest BCUT2D eigenvalue weighted by Crippen LogP contribution is 2.39. The predicted molar refractivity (Wildman–Crippen MR) is 174 cm³/mol. The molecular weight excluding hydrogens is 631 g/mol. The Hall–Kier alpha value is -3.30. The van der Waals surface area contributed by atoms with Gasteiger partial charge < -0.3 is 20.3 Å². The van der Waals surface area contributed by atoms with E-state index in [1.54, 1.807) is 50.2 Å². The van der Waals surface area contributed by atoms with E-state index >= 15 is 0 Å². The van der Waals surface area contributed by atoms with Crippen molar-refractivity contribution in [3.63, 3.8) is 0 Å². The number of nitrogens with zero attached hydrogens (tertiary/aromatic N) is 1. The fourth-order valence-corrected chi connectivity index (χ4v) is 6.53. The number of hydrogen-bond donors (Lipinski definition) is 2. The molecule has 0 saturated carbocycles. The van der Waals surface area contributed by atoms with E-state index in [4.69, 9.17) is 55.0 Å². The second kappa shape index (κ2) is 13.1. The van der Waals surface area contributed by atoms with Crippen LogP contribution in [-0.4, -0.2) is 35.6 Å². The lowest BCUT2D eigenvalue weighted by molar-refractivity contribution is -0.118. The summed E-state index contributed by atoms with van der Waals surface area (Å²) in [5, 5.41) is 11.4. The van der Waals surface area contributed by atoms with Gasteiger partial charge in [0, 0.05) is 21.9 Å². The summed E-state index contributed by atoms with van der Waals surface area (Å²) in [6, 6.07) is 13.5. The number of benzene rings is 3. The molecule has 0 aliphatic rings. The van der Waals surface area contributed by atoms with Crippen molar-refractivity contribution in [2.24, 2.45) is 11.7 Å². The Morgan fingerprint density at radius 2 is 1.72 bits per heavy atom. The molecule has 4 rings (SSSR count). The molecule has 0 radical (unpaired) electrons. The second-order valence-corrected chi connectivity index (χ2v) is 13.2. The average molecular weight is 662 g/mol. The zero-order valence-electron chi connectivity index (χ0n) is 24.3. The normalized spacial score (nSPS) is 12.4. The molecule has 0 spiro atoms. The summed E-state index contributed by atoms with van der Waals surface area (Å²) >= 11 is 20.9. The summed E-state index contributed by atoms with van der Waals surface area (Å²) in [5.41, 5.74) is 8.45. The molecule has 43 heavy (non-hydrogen) atoms. The van der Waals surface area contributed by atoms with E-state index in [0.717, 1.165) is 15.3 Å². The number of fused-ring (bicyclic) bond motifs is 1. The number of carbonyl (C=O) groups is 2. The number of rotatable bonds is 11. The molecule has 7 nitrogen and oxygen atoms in total. The molecular formula is C32H31Cl3N2O5S. The van der Waals surface area contributed by atoms with Crippen LogP contribution in [0.5, 0.6) is 11.5 Å². The highest BCUT2D eigenvalue weighted by Gasteiger charge is 2.28. The van der Waals surface area contributed by atoms with Gasteiger partial charge >= 0.3 is 5.97 Å². The van der Waals surface area contributed by atoms with E-state index in [9.17, 15) is 14.7 Å². The smallest absolute Gasteiger partial charge is 0.335 e. The molecule has 4 aromatic rings. The van der Waals surface area contributed by atoms with Gasteiger partial charge in [0.25, 0.3) is 0 Å². The number of aromatic nitrogens is 1. The van der Waals surface area contributed by atoms with Gasteiger partial charge in [0.05, 0.1) is 43.7 Å². The van der Waals surface area contributed by atoms with Gasteiger partial charge in [0.2, 0.25) is 0 Å². The molecule has 3 aromatic carbocycles. The maximum atomic E-state index is 13.1. The quantitative estimate of drug-likeness (QED) is 0.155. The number of carbonyl (C=O) groups excluding carboxylic acids is 1. The van der Waals surface area contributed by atoms with Crippen molar-refractivity contribution in [3.8, 4) is 11.5 Å². The SMILES string of the molecule is COc1cc(C(=O)O)cc2sc(C(C)(C)Cc3ccc(OCC(C(=O)C(C)C)=C(N)c4c(Cl)cccc4Cl)cc3Cl)nc12. The van der Waals surface area contributed by atoms with Crippen molar-refractivity contribution in [1.82, 2.24) is 4.98 Å². The zero-order chi connectivity index (χ0) is 31.6. The first-order chi connectivity index (χ1) is 20.2. The third kappa shape index (κ3) is 7.10. The van der Waals surface area contributed by atoms with Crippen molar-refractivity contribution >= 4 is 73.8 Å². The second-order valence-electron chi connectivity index (χ2n) is 11.0. The van der Waals surface area contributed by atoms with Gasteiger partial charge in [-0.05, 0) is 48.4 Å². The zero-order valence-corrected chi connectivity index (χ0v) is 27.3. The number of methoxy groups -OCH3 is 1. The number of halogens is 3. The fourth-order valence-electron chi connectivity index (χ4n) is 4.57. The van der Waals surface area contributed by atoms with Gasteiger partial charge in [-0.1, -0.05) is 74.6 Å². The van der Waals surface area contributed by atoms with Crippen LogP contribution in [0.1, 0.15) is 54.2 Å². The maximum Gasteiger partial charge on any atom is 0.335 e. The van der Waals surface area contributed by atoms with Crippen LogP contribution >= 0.6 is 46.1 Å². The molecule has 11 heteroatoms. The first kappa shape index (κ1) is 32.6. The fraction of sp³-hybridized carbons (Fsp3) is 0.281. The van der Waals surface area contributed by atoms with E-state index in [2.05, 4.69) is 0 Å². The third-order valence-electron chi connectivity index (χ3n) is 6.92. The summed E-state index contributed by atoms with van der Waals surface area (Å²) in [4.78, 5) is 29.5. The van der Waals surface area contributed by atoms with E-state index in [1.807, 2.05) is 19.9 Å². The van der Waals surface area contributed by atoms with E-state index in [0.29, 0.717) is 44.1 Å². The van der Waals surface area contributed by atoms with Crippen LogP contribution in [0.3, 0.4) is 0 Å². The Bertz CT molecular complexity index is 1730. The Balaban J connectivity index is 1.58. The molecule has 0 amide bonds. The highest BCUT2D eigenvalue weighted by molar-refractivity contribution is 7.18. The van der Waals surface area contributed by atoms with Crippen molar-refractivity contribution < 1.29 is 24.2 Å². The van der Waals surface area contributed by atoms with Gasteiger partial charge in [-0.15, -0.1) is 11.3 Å². The predicted octanol–water partition coefficient (Wildman–Crippen LogP) is 8.46. The number of ether oxygens (including phenoxy) is 2. The lowest BCUT2D eigenvalue weighted by atomic mass is 9.86. The first-order valence-corrected chi connectivity index (χ1v) is 15.3. The summed E-state index contributed by atoms with van der Waals surface area (Å²) in [7, 11) is 1.49. The summed E-state index contributed by atoms with van der Waals surface area (Å²) in [5.74, 6) is -0.667. The Kier molecular flexibility index (Phi) is 9.96. The van der Waals surface area contributed by atoms with Crippen LogP contribution in [0.25, 0.3) is 15.9 Å². The van der Waals surface area contributed by atoms with E-state index < -0.39 is 11.4 Å². The summed E-state index contributed by atoms with van der Waals surface area (Å²) in [6.45, 7) is 7.56. The lowest BCUT2D eigenvalue weighted by Crippen LogP contribution is -2.21. The minimum Gasteiger partial charge on any atom is -0.494 e. The molecule has 3 N–H and O–H groups in total. The minimum absolute atomic E-state index is 0.0998. The van der Waals surface area contributed by atoms with Crippen LogP contribution in [0.4, 0.5) is 0 Å². The molecule has 0 fully saturated rings. The van der Waals surface area contributed by atoms with Gasteiger partial charge in [0.1, 0.15) is 23.6 Å². The molecule has 0 saturated heterocycles. The molecule has 1 aromatic heterocycles. The number of Topliss-reactive ketones (excluding diaryl/α,β-unsaturated/α-hetero) is 1. The molecule has 0 unspecified atom stereocenters. The first-order valence-electron chi connectivity index (χ1n) is 13.3. The molecule has 0 aliphatic heterocycles. The van der Waals surface area contributed by atoms with Crippen LogP contribution in [-0.2, 0) is 16.6 Å². The molecule has 0 aliphatic carbocycles. The number of aromatic carboxylic acids is 1. The van der Waals surface area contributed by atoms with E-state index in [1.165, 1.54) is 24.5 Å². The summed E-state index contributed by atoms with van der Waals surface area (Å²) < 4.78 is 12.1. The van der Waals surface area contributed by atoms with Crippen LogP contribution in [0.2, 0.25) is 15.1 Å². The molecule has 0 atom stereocenters. The molecule has 1 heterocycles. The standard InChI is InChI=1S/C32H31Cl3N2O5S/c1-16(2)29(38)20(27(36)26-21(33)7-6-8-22(26)34)15-42-19-10-9-17(23(35)13-19)14-32(3,4)31-37-28-24(41-5)11-18(30(39)40)12-25(28)43-31/h6-13,16H,14-15,36H2,1-5H3,(H,39,40). The van der Waals surface area contributed by atoms with Crippen LogP contribution in [0, 0.1) is 5.92 Å². The number of carboxylic acids is 1. The number of carboxylic acid groups (broad SMARTS) is 1. The van der Waals surface area contributed by atoms with Crippen molar-refractivity contribution in [2.75, 3.05) is 13.7 Å². The topological polar surface area (TPSA) is 112 Å². The van der Waals surface area contributed by atoms with Crippen LogP contribution < -0.4 is 15.2 Å². The lowest BCUT2D eigenvalue weighted by Gasteiger charge is -2.23. The van der Waals surface area contributed by atoms with Crippen LogP contribution in [0.15, 0.2) is 54.1 Å². The largest absolute Gasteiger partial charge is 0.494 e. The number of thiazole rings is 1. The van der Waals surface area contributed by atoms with Gasteiger partial charge in [-0.3, -0.25) is 4.79 Å². The number of hydrogen-bond acceptors (Lipinski definition) is 7. The molecule has 226 valence electrons. The monoisotopic (exact) mass is 660 g/mol. The number of ketones is 1. The van der Waals surface area contributed by atoms with Gasteiger partial charge in [0.15, 0.2) is 5.78 Å². The molecule has 0 bridgehead atoms. The highest BCUT2D eigenvalue weighted by atomic mass is 35.5. The van der Waals surface area contributed by atoms with Crippen molar-refractivity contribution in [3.05, 3.63) is 90.9 Å². The average Bonchev–Trinajstić information content (AvgIpc) is 3.39. The Morgan fingerprint density at radius 3 is 2.30 bits per heavy atom. The number of nitrogens with two attached hydrogens (primary N) is 1. The Labute approximate surface area is 269 Å². The third-order valence-corrected chi connectivity index (χ3v) is 9.28.